The number of rotatable bonds is 13. The summed E-state index contributed by atoms with van der Waals surface area (Å²) < 4.78 is 42.9. The molecule has 2 aliphatic heterocycles. The summed E-state index contributed by atoms with van der Waals surface area (Å²) in [5, 5.41) is 70.8. The van der Waals surface area contributed by atoms with Crippen LogP contribution in [0.2, 0.25) is 0 Å². The number of carbonyl (C=O) groups is 6. The van der Waals surface area contributed by atoms with Crippen LogP contribution in [0.3, 0.4) is 0 Å². The van der Waals surface area contributed by atoms with Crippen LogP contribution in [0.1, 0.15) is 90.2 Å². The van der Waals surface area contributed by atoms with Gasteiger partial charge >= 0.3 is 23.9 Å². The van der Waals surface area contributed by atoms with Gasteiger partial charge in [-0.05, 0) is 49.6 Å². The normalized spacial score (nSPS) is 36.2. The lowest BCUT2D eigenvalue weighted by molar-refractivity contribution is -0.366. The van der Waals surface area contributed by atoms with Gasteiger partial charge < -0.3 is 69.1 Å². The van der Waals surface area contributed by atoms with Crippen LogP contribution in [0.4, 0.5) is 0 Å². The molecule has 0 aromatic heterocycles. The number of nitrogens with one attached hydrogen (secondary N) is 1. The lowest BCUT2D eigenvalue weighted by atomic mass is 9.44. The number of hydrogen-bond donors (Lipinski definition) is 7. The number of ether oxygens (including phenoxy) is 7. The van der Waals surface area contributed by atoms with Gasteiger partial charge in [-0.15, -0.1) is 0 Å². The molecule has 2 bridgehead atoms. The summed E-state index contributed by atoms with van der Waals surface area (Å²) >= 11 is 0. The van der Waals surface area contributed by atoms with Gasteiger partial charge in [0.2, 0.25) is 5.91 Å². The number of aliphatic hydroxyl groups is 6. The molecule has 5 aliphatic rings. The van der Waals surface area contributed by atoms with Crippen LogP contribution in [0.15, 0.2) is 71.8 Å². The maximum atomic E-state index is 16.2. The van der Waals surface area contributed by atoms with Crippen LogP contribution in [-0.2, 0) is 57.1 Å². The average molecular weight is 982 g/mol. The highest BCUT2D eigenvalue weighted by Crippen LogP contribution is 2.65. The van der Waals surface area contributed by atoms with Crippen molar-refractivity contribution in [2.24, 2.45) is 22.7 Å². The summed E-state index contributed by atoms with van der Waals surface area (Å²) in [7, 11) is 0. The van der Waals surface area contributed by atoms with Gasteiger partial charge in [-0.1, -0.05) is 69.3 Å². The van der Waals surface area contributed by atoms with Crippen molar-refractivity contribution in [1.29, 1.82) is 0 Å². The van der Waals surface area contributed by atoms with E-state index in [9.17, 15) is 54.6 Å². The minimum absolute atomic E-state index is 0.00220. The lowest BCUT2D eigenvalue weighted by Crippen LogP contribution is -2.82. The largest absolute Gasteiger partial charge is 0.456 e. The molecule has 20 nitrogen and oxygen atoms in total. The van der Waals surface area contributed by atoms with Crippen molar-refractivity contribution in [2.45, 2.75) is 153 Å². The third-order valence-corrected chi connectivity index (χ3v) is 15.3. The molecule has 382 valence electrons. The zero-order valence-corrected chi connectivity index (χ0v) is 40.2. The van der Waals surface area contributed by atoms with Crippen LogP contribution in [0.25, 0.3) is 0 Å². The standard InChI is InChI=1S/C50H63NO19/c1-23(25(3)52)43(60)51-35(28-15-11-9-12-16-28)37(57)45(62)67-31-20-50(63)42(69-44(61)29-17-13-10-14-18-29)40-48(8,41(59)39(66-26(4)53)34(24(31)2)47(50,6)7)32(19-33-49(40,22-65-33)70-27(5)54)68-46-38(58)36(56)30(55)21-64-46/h9-18,23,25,30-33,35-40,42,46,52,55-58,63H,19-22H2,1-8H3,(H,51,60)/t23?,25?,30-,31+,32+,33-,35+,36+,37-,38-,39-,40+,42+,46+,48-,49+,50-/m1/s1. The molecule has 70 heavy (non-hydrogen) atoms. The Morgan fingerprint density at radius 2 is 1.47 bits per heavy atom. The Morgan fingerprint density at radius 3 is 2.04 bits per heavy atom. The molecule has 2 aromatic rings. The second-order valence-electron chi connectivity index (χ2n) is 19.9. The fourth-order valence-electron chi connectivity index (χ4n) is 11.1. The first kappa shape index (κ1) is 52.7. The molecule has 1 amide bonds. The number of ketones is 1. The number of carbonyl (C=O) groups excluding carboxylic acids is 6. The molecule has 2 aromatic carbocycles. The number of fused-ring (bicyclic) bond motifs is 5. The Hall–Kier alpha value is -5.16. The van der Waals surface area contributed by atoms with E-state index in [1.807, 2.05) is 0 Å². The fraction of sp³-hybridized carbons (Fsp3) is 0.600. The van der Waals surface area contributed by atoms with E-state index in [1.54, 1.807) is 48.5 Å². The molecule has 7 N–H and O–H groups in total. The summed E-state index contributed by atoms with van der Waals surface area (Å²) in [5.74, 6) is -8.45. The minimum atomic E-state index is -2.52. The highest BCUT2D eigenvalue weighted by Gasteiger charge is 2.79. The van der Waals surface area contributed by atoms with Crippen LogP contribution < -0.4 is 5.32 Å². The van der Waals surface area contributed by atoms with Crippen LogP contribution in [-0.4, -0.2) is 158 Å². The van der Waals surface area contributed by atoms with Crippen molar-refractivity contribution in [3.05, 3.63) is 82.9 Å². The first-order chi connectivity index (χ1) is 32.8. The second kappa shape index (κ2) is 19.8. The molecule has 2 saturated carbocycles. The van der Waals surface area contributed by atoms with Crippen molar-refractivity contribution in [3.8, 4) is 0 Å². The summed E-state index contributed by atoms with van der Waals surface area (Å²) in [4.78, 5) is 85.2. The molecule has 7 rings (SSSR count). The third-order valence-electron chi connectivity index (χ3n) is 15.3. The molecule has 0 spiro atoms. The number of amides is 1. The Balaban J connectivity index is 1.43. The van der Waals surface area contributed by atoms with Crippen LogP contribution in [0, 0.1) is 22.7 Å². The monoisotopic (exact) mass is 981 g/mol. The van der Waals surface area contributed by atoms with Gasteiger partial charge in [0.25, 0.3) is 0 Å². The van der Waals surface area contributed by atoms with E-state index in [4.69, 9.17) is 33.2 Å². The summed E-state index contributed by atoms with van der Waals surface area (Å²) in [6.45, 7) is 10.0. The number of hydrogen-bond acceptors (Lipinski definition) is 19. The zero-order chi connectivity index (χ0) is 51.4. The van der Waals surface area contributed by atoms with Gasteiger partial charge in [0, 0.05) is 32.1 Å². The average Bonchev–Trinajstić information content (AvgIpc) is 3.30. The Morgan fingerprint density at radius 1 is 0.843 bits per heavy atom. The summed E-state index contributed by atoms with van der Waals surface area (Å²) in [5.41, 5.74) is -8.13. The van der Waals surface area contributed by atoms with Gasteiger partial charge in [0.05, 0.1) is 54.3 Å². The molecular weight excluding hydrogens is 919 g/mol. The van der Waals surface area contributed by atoms with Gasteiger partial charge in [-0.2, -0.15) is 0 Å². The second-order valence-corrected chi connectivity index (χ2v) is 19.9. The van der Waals surface area contributed by atoms with Crippen molar-refractivity contribution >= 4 is 35.6 Å². The first-order valence-electron chi connectivity index (χ1n) is 23.3. The van der Waals surface area contributed by atoms with Crippen LogP contribution >= 0.6 is 0 Å². The van der Waals surface area contributed by atoms with Gasteiger partial charge in [0.1, 0.15) is 42.2 Å². The van der Waals surface area contributed by atoms with Crippen molar-refractivity contribution in [2.75, 3.05) is 13.2 Å². The van der Waals surface area contributed by atoms with E-state index in [1.165, 1.54) is 53.7 Å². The van der Waals surface area contributed by atoms with Crippen molar-refractivity contribution < 1.29 is 92.6 Å². The minimum Gasteiger partial charge on any atom is -0.456 e. The van der Waals surface area contributed by atoms with E-state index >= 15 is 4.79 Å². The number of esters is 4. The molecule has 4 fully saturated rings. The lowest BCUT2D eigenvalue weighted by Gasteiger charge is -2.68. The van der Waals surface area contributed by atoms with E-state index < -0.39 is 162 Å². The summed E-state index contributed by atoms with van der Waals surface area (Å²) in [6.07, 6.45) is -19.2. The Labute approximate surface area is 404 Å². The van der Waals surface area contributed by atoms with Crippen molar-refractivity contribution in [3.63, 3.8) is 0 Å². The number of Topliss-reactive ketones (excluding diaryl/α,β-unsaturated/α-hetero) is 1. The topological polar surface area (TPSA) is 300 Å². The first-order valence-corrected chi connectivity index (χ1v) is 23.3. The smallest absolute Gasteiger partial charge is 0.338 e. The van der Waals surface area contributed by atoms with Crippen molar-refractivity contribution in [1.82, 2.24) is 5.32 Å². The third kappa shape index (κ3) is 9.06. The highest BCUT2D eigenvalue weighted by molar-refractivity contribution is 5.95. The molecule has 3 aliphatic carbocycles. The fourth-order valence-corrected chi connectivity index (χ4v) is 11.1. The van der Waals surface area contributed by atoms with E-state index in [-0.39, 0.29) is 28.7 Å². The molecular formula is C50H63NO19. The number of benzene rings is 2. The highest BCUT2D eigenvalue weighted by atomic mass is 16.7. The molecule has 2 saturated heterocycles. The zero-order valence-electron chi connectivity index (χ0n) is 40.2. The van der Waals surface area contributed by atoms with Gasteiger partial charge in [-0.25, -0.2) is 9.59 Å². The Bertz CT molecular complexity index is 2360. The van der Waals surface area contributed by atoms with E-state index in [0.29, 0.717) is 0 Å². The van der Waals surface area contributed by atoms with E-state index in [0.717, 1.165) is 13.8 Å². The molecule has 17 atom stereocenters. The predicted molar refractivity (Wildman–Crippen MR) is 239 cm³/mol. The maximum Gasteiger partial charge on any atom is 0.338 e. The quantitative estimate of drug-likeness (QED) is 0.0833. The Kier molecular flexibility index (Phi) is 14.9. The molecule has 2 unspecified atom stereocenters. The molecule has 0 radical (unpaired) electrons. The van der Waals surface area contributed by atoms with Crippen LogP contribution in [0.5, 0.6) is 0 Å². The van der Waals surface area contributed by atoms with E-state index in [2.05, 4.69) is 5.32 Å². The number of aliphatic hydroxyl groups excluding tert-OH is 5. The predicted octanol–water partition coefficient (Wildman–Crippen LogP) is 0.902. The van der Waals surface area contributed by atoms with Gasteiger partial charge in [0.15, 0.2) is 29.9 Å². The summed E-state index contributed by atoms with van der Waals surface area (Å²) in [6, 6.07) is 14.2. The SMILES string of the molecule is CC(=O)O[C@H]1C(=O)[C@]2(C)[C@@H](O[C@@H]3OC[C@@H](O)[C@H](O)[C@H]3O)C[C@H]3OC[C@@]3(OC(C)=O)[C@H]2[C@H](OC(=O)c2ccccc2)[C@]2(O)C[C@H](OC(=O)[C@H](O)[C@@H](NC(=O)C(C)C(C)O)c3ccccc3)C(C)=C1C2(C)C. The maximum absolute atomic E-state index is 16.2. The molecule has 20 heteroatoms. The van der Waals surface area contributed by atoms with Gasteiger partial charge in [-0.3, -0.25) is 19.2 Å². The molecule has 2 heterocycles.